The lowest BCUT2D eigenvalue weighted by atomic mass is 9.99. The number of halogens is 1. The van der Waals surface area contributed by atoms with E-state index in [1.165, 1.54) is 6.07 Å². The smallest absolute Gasteiger partial charge is 0.318 e. The third kappa shape index (κ3) is 3.08. The number of nitrogens with one attached hydrogen (secondary N) is 1. The third-order valence-corrected chi connectivity index (χ3v) is 4.79. The number of fused-ring (bicyclic) bond motifs is 1. The quantitative estimate of drug-likeness (QED) is 0.764. The first-order valence-electron chi connectivity index (χ1n) is 8.72. The molecule has 1 N–H and O–H groups in total. The Hall–Kier alpha value is -3.08. The van der Waals surface area contributed by atoms with Crippen molar-refractivity contribution in [2.24, 2.45) is 0 Å². The molecular weight excluding hydrogens is 329 g/mol. The molecule has 3 aromatic rings. The van der Waals surface area contributed by atoms with Crippen molar-refractivity contribution < 1.29 is 9.18 Å². The number of urea groups is 1. The maximum Gasteiger partial charge on any atom is 0.318 e. The number of carbonyl (C=O) groups excluding carboxylic acids is 1. The Balaban J connectivity index is 1.62. The Kier molecular flexibility index (Phi) is 4.44. The van der Waals surface area contributed by atoms with Gasteiger partial charge in [-0.05, 0) is 23.8 Å². The summed E-state index contributed by atoms with van der Waals surface area (Å²) in [6.07, 6.45) is 1.97. The van der Waals surface area contributed by atoms with Crippen molar-refractivity contribution in [1.82, 2.24) is 14.8 Å². The van der Waals surface area contributed by atoms with Gasteiger partial charge in [0, 0.05) is 37.1 Å². The normalized spacial score (nSPS) is 16.2. The molecule has 0 unspecified atom stereocenters. The summed E-state index contributed by atoms with van der Waals surface area (Å²) in [6, 6.07) is 19.7. The summed E-state index contributed by atoms with van der Waals surface area (Å²) in [4.78, 5) is 14.6. The fraction of sp³-hybridized carbons (Fsp3) is 0.190. The summed E-state index contributed by atoms with van der Waals surface area (Å²) in [6.45, 7) is 1.68. The molecule has 0 aliphatic carbocycles. The minimum Gasteiger partial charge on any atom is -0.348 e. The molecule has 26 heavy (non-hydrogen) atoms. The maximum absolute atomic E-state index is 14.5. The lowest BCUT2D eigenvalue weighted by Crippen LogP contribution is -2.47. The number of hydrogen-bond donors (Lipinski definition) is 1. The molecule has 0 radical (unpaired) electrons. The van der Waals surface area contributed by atoms with Crippen LogP contribution in [-0.2, 0) is 13.1 Å². The number of benzene rings is 2. The van der Waals surface area contributed by atoms with Crippen LogP contribution in [0.1, 0.15) is 22.9 Å². The van der Waals surface area contributed by atoms with Crippen LogP contribution in [0.4, 0.5) is 9.18 Å². The number of amides is 2. The van der Waals surface area contributed by atoms with Gasteiger partial charge in [-0.15, -0.1) is 0 Å². The number of carbonyl (C=O) groups is 1. The highest BCUT2D eigenvalue weighted by molar-refractivity contribution is 5.75. The molecule has 0 saturated carbocycles. The minimum absolute atomic E-state index is 0.186. The van der Waals surface area contributed by atoms with Crippen LogP contribution in [-0.4, -0.2) is 22.0 Å². The van der Waals surface area contributed by atoms with Crippen LogP contribution in [0.15, 0.2) is 72.9 Å². The van der Waals surface area contributed by atoms with E-state index in [0.29, 0.717) is 25.2 Å². The molecule has 0 fully saturated rings. The van der Waals surface area contributed by atoms with E-state index in [9.17, 15) is 9.18 Å². The zero-order chi connectivity index (χ0) is 17.9. The number of rotatable bonds is 3. The van der Waals surface area contributed by atoms with Crippen LogP contribution in [0.3, 0.4) is 0 Å². The molecule has 132 valence electrons. The lowest BCUT2D eigenvalue weighted by molar-refractivity contribution is 0.167. The van der Waals surface area contributed by atoms with Gasteiger partial charge < -0.3 is 14.8 Å². The van der Waals surface area contributed by atoms with E-state index in [2.05, 4.69) is 9.88 Å². The molecule has 2 amide bonds. The Morgan fingerprint density at radius 3 is 2.58 bits per heavy atom. The van der Waals surface area contributed by atoms with E-state index in [-0.39, 0.29) is 11.8 Å². The number of nitrogens with zero attached hydrogens (tertiary/aromatic N) is 2. The van der Waals surface area contributed by atoms with E-state index in [0.717, 1.165) is 11.3 Å². The predicted octanol–water partition coefficient (Wildman–Crippen LogP) is 3.94. The van der Waals surface area contributed by atoms with E-state index in [1.807, 2.05) is 48.7 Å². The Labute approximate surface area is 151 Å². The maximum atomic E-state index is 14.5. The third-order valence-electron chi connectivity index (χ3n) is 4.79. The summed E-state index contributed by atoms with van der Waals surface area (Å²) < 4.78 is 16.6. The molecule has 1 atom stereocenters. The van der Waals surface area contributed by atoms with Gasteiger partial charge in [-0.25, -0.2) is 9.18 Å². The molecule has 2 aromatic carbocycles. The highest BCUT2D eigenvalue weighted by atomic mass is 19.1. The molecule has 1 aliphatic heterocycles. The van der Waals surface area contributed by atoms with Gasteiger partial charge in [-0.3, -0.25) is 0 Å². The fourth-order valence-electron chi connectivity index (χ4n) is 3.50. The molecule has 0 saturated heterocycles. The van der Waals surface area contributed by atoms with Crippen molar-refractivity contribution in [3.63, 3.8) is 0 Å². The van der Waals surface area contributed by atoms with Gasteiger partial charge in [0.05, 0.1) is 0 Å². The van der Waals surface area contributed by atoms with Crippen molar-refractivity contribution in [3.8, 4) is 0 Å². The minimum atomic E-state index is -0.435. The van der Waals surface area contributed by atoms with Gasteiger partial charge in [0.25, 0.3) is 0 Å². The molecule has 0 spiro atoms. The van der Waals surface area contributed by atoms with Crippen LogP contribution in [0.2, 0.25) is 0 Å². The zero-order valence-corrected chi connectivity index (χ0v) is 14.3. The van der Waals surface area contributed by atoms with Crippen LogP contribution < -0.4 is 5.32 Å². The second-order valence-corrected chi connectivity index (χ2v) is 6.39. The average molecular weight is 349 g/mol. The molecule has 4 nitrogen and oxygen atoms in total. The van der Waals surface area contributed by atoms with Gasteiger partial charge in [-0.1, -0.05) is 48.5 Å². The van der Waals surface area contributed by atoms with Gasteiger partial charge in [0.15, 0.2) is 0 Å². The largest absolute Gasteiger partial charge is 0.348 e. The second-order valence-electron chi connectivity index (χ2n) is 6.39. The van der Waals surface area contributed by atoms with Gasteiger partial charge in [0.2, 0.25) is 0 Å². The summed E-state index contributed by atoms with van der Waals surface area (Å²) in [5.41, 5.74) is 2.47. The lowest BCUT2D eigenvalue weighted by Gasteiger charge is -2.37. The Bertz CT molecular complexity index is 906. The average Bonchev–Trinajstić information content (AvgIpc) is 3.15. The molecule has 1 aliphatic rings. The van der Waals surface area contributed by atoms with E-state index in [4.69, 9.17) is 0 Å². The first-order valence-corrected chi connectivity index (χ1v) is 8.72. The van der Waals surface area contributed by atoms with Crippen LogP contribution in [0, 0.1) is 5.82 Å². The SMILES string of the molecule is O=C(NCc1ccccc1)N1CCn2cccc2[C@H]1c1ccccc1F. The molecule has 5 heteroatoms. The first-order chi connectivity index (χ1) is 12.7. The molecule has 2 heterocycles. The monoisotopic (exact) mass is 349 g/mol. The van der Waals surface area contributed by atoms with Gasteiger partial charge in [-0.2, -0.15) is 0 Å². The van der Waals surface area contributed by atoms with Crippen molar-refractivity contribution in [3.05, 3.63) is 95.6 Å². The highest BCUT2D eigenvalue weighted by Crippen LogP contribution is 2.33. The predicted molar refractivity (Wildman–Crippen MR) is 98.1 cm³/mol. The molecule has 1 aromatic heterocycles. The Morgan fingerprint density at radius 2 is 1.77 bits per heavy atom. The van der Waals surface area contributed by atoms with E-state index in [1.54, 1.807) is 23.1 Å². The molecule has 0 bridgehead atoms. The van der Waals surface area contributed by atoms with E-state index < -0.39 is 6.04 Å². The topological polar surface area (TPSA) is 37.3 Å². The summed E-state index contributed by atoms with van der Waals surface area (Å²) >= 11 is 0. The first kappa shape index (κ1) is 16.4. The zero-order valence-electron chi connectivity index (χ0n) is 14.3. The summed E-state index contributed by atoms with van der Waals surface area (Å²) in [5, 5.41) is 2.97. The summed E-state index contributed by atoms with van der Waals surface area (Å²) in [7, 11) is 0. The van der Waals surface area contributed by atoms with Crippen LogP contribution >= 0.6 is 0 Å². The standard InChI is InChI=1S/C21H20FN3O/c22-18-10-5-4-9-17(18)20-19-11-6-12-24(19)13-14-25(20)21(26)23-15-16-7-2-1-3-8-16/h1-12,20H,13-15H2,(H,23,26)/t20-/m1/s1. The fourth-order valence-corrected chi connectivity index (χ4v) is 3.50. The van der Waals surface area contributed by atoms with Gasteiger partial charge >= 0.3 is 6.03 Å². The number of aromatic nitrogens is 1. The van der Waals surface area contributed by atoms with Gasteiger partial charge in [0.1, 0.15) is 11.9 Å². The van der Waals surface area contributed by atoms with E-state index >= 15 is 0 Å². The van der Waals surface area contributed by atoms with Crippen molar-refractivity contribution in [1.29, 1.82) is 0 Å². The summed E-state index contributed by atoms with van der Waals surface area (Å²) in [5.74, 6) is -0.298. The van der Waals surface area contributed by atoms with Crippen molar-refractivity contribution in [2.45, 2.75) is 19.1 Å². The van der Waals surface area contributed by atoms with Crippen LogP contribution in [0.5, 0.6) is 0 Å². The van der Waals surface area contributed by atoms with Crippen molar-refractivity contribution >= 4 is 6.03 Å². The van der Waals surface area contributed by atoms with Crippen LogP contribution in [0.25, 0.3) is 0 Å². The Morgan fingerprint density at radius 1 is 1.00 bits per heavy atom. The molecular formula is C21H20FN3O. The molecule has 4 rings (SSSR count). The number of hydrogen-bond acceptors (Lipinski definition) is 1. The highest BCUT2D eigenvalue weighted by Gasteiger charge is 2.33. The second kappa shape index (κ2) is 7.04. The van der Waals surface area contributed by atoms with Crippen molar-refractivity contribution in [2.75, 3.05) is 6.54 Å².